The molecule has 1 atom stereocenters. The number of likely N-dealkylation sites (tertiary alicyclic amines) is 1. The molecule has 3 amide bonds. The van der Waals surface area contributed by atoms with E-state index in [1.54, 1.807) is 9.80 Å². The number of ether oxygens (including phenoxy) is 1. The third-order valence-electron chi connectivity index (χ3n) is 5.42. The number of esters is 1. The largest absolute Gasteiger partial charge is 0.469 e. The molecule has 164 valence electrons. The number of carbonyl (C=O) groups excluding carboxylic acids is 3. The molecule has 1 unspecified atom stereocenters. The lowest BCUT2D eigenvalue weighted by atomic mass is 9.96. The topological polar surface area (TPSA) is 79.0 Å². The highest BCUT2D eigenvalue weighted by atomic mass is 16.5. The number of anilines is 1. The number of nitrogens with one attached hydrogen (secondary N) is 1. The summed E-state index contributed by atoms with van der Waals surface area (Å²) in [4.78, 5) is 41.1. The van der Waals surface area contributed by atoms with E-state index in [1.807, 2.05) is 60.7 Å². The molecule has 7 nitrogen and oxygen atoms in total. The van der Waals surface area contributed by atoms with E-state index in [1.165, 1.54) is 7.11 Å². The molecule has 31 heavy (non-hydrogen) atoms. The van der Waals surface area contributed by atoms with Crippen molar-refractivity contribution in [2.24, 2.45) is 5.92 Å². The number of piperidine rings is 1. The molecule has 3 rings (SSSR count). The Balaban J connectivity index is 1.65. The molecule has 0 aliphatic carbocycles. The quantitative estimate of drug-likeness (QED) is 0.691. The number of hydrogen-bond acceptors (Lipinski definition) is 4. The number of para-hydroxylation sites is 1. The average molecular weight is 424 g/mol. The lowest BCUT2D eigenvalue weighted by molar-refractivity contribution is -0.143. The summed E-state index contributed by atoms with van der Waals surface area (Å²) < 4.78 is 4.74. The second-order valence-corrected chi connectivity index (χ2v) is 7.65. The van der Waals surface area contributed by atoms with Crippen LogP contribution in [0.1, 0.15) is 24.8 Å². The normalized spacial score (nSPS) is 15.8. The Bertz CT molecular complexity index is 873. The van der Waals surface area contributed by atoms with E-state index in [4.69, 9.17) is 4.74 Å². The van der Waals surface area contributed by atoms with Gasteiger partial charge in [-0.25, -0.2) is 4.79 Å². The van der Waals surface area contributed by atoms with Crippen LogP contribution in [0, 0.1) is 5.92 Å². The molecule has 1 heterocycles. The first-order valence-corrected chi connectivity index (χ1v) is 10.6. The van der Waals surface area contributed by atoms with Crippen LogP contribution in [0.3, 0.4) is 0 Å². The second-order valence-electron chi connectivity index (χ2n) is 7.65. The predicted octanol–water partition coefficient (Wildman–Crippen LogP) is 3.52. The SMILES string of the molecule is COC(=O)CCN(Cc1ccccc1)C(=O)C1CCCN(C(=O)Nc2ccccc2)C1. The first-order valence-electron chi connectivity index (χ1n) is 10.6. The molecule has 7 heteroatoms. The molecule has 0 bridgehead atoms. The van der Waals surface area contributed by atoms with Crippen molar-refractivity contribution < 1.29 is 19.1 Å². The Labute approximate surface area is 183 Å². The molecule has 1 saturated heterocycles. The van der Waals surface area contributed by atoms with Crippen LogP contribution in [0.15, 0.2) is 60.7 Å². The van der Waals surface area contributed by atoms with E-state index in [-0.39, 0.29) is 36.8 Å². The Kier molecular flexibility index (Phi) is 8.04. The summed E-state index contributed by atoms with van der Waals surface area (Å²) in [5, 5.41) is 2.89. The summed E-state index contributed by atoms with van der Waals surface area (Å²) in [6, 6.07) is 18.8. The summed E-state index contributed by atoms with van der Waals surface area (Å²) in [7, 11) is 1.34. The minimum atomic E-state index is -0.349. The first-order chi connectivity index (χ1) is 15.1. The van der Waals surface area contributed by atoms with Crippen molar-refractivity contribution in [3.05, 3.63) is 66.2 Å². The maximum Gasteiger partial charge on any atom is 0.321 e. The van der Waals surface area contributed by atoms with E-state index in [2.05, 4.69) is 5.32 Å². The highest BCUT2D eigenvalue weighted by Gasteiger charge is 2.31. The molecule has 0 radical (unpaired) electrons. The standard InChI is InChI=1S/C24H29N3O4/c1-31-22(28)14-16-26(17-19-9-4-2-5-10-19)23(29)20-11-8-15-27(18-20)24(30)25-21-12-6-3-7-13-21/h2-7,9-10,12-13,20H,8,11,14-18H2,1H3,(H,25,30). The van der Waals surface area contributed by atoms with Gasteiger partial charge in [0, 0.05) is 31.9 Å². The van der Waals surface area contributed by atoms with Crippen molar-refractivity contribution in [2.45, 2.75) is 25.8 Å². The maximum absolute atomic E-state index is 13.3. The van der Waals surface area contributed by atoms with Crippen LogP contribution in [-0.4, -0.2) is 54.5 Å². The summed E-state index contributed by atoms with van der Waals surface area (Å²) in [6.45, 7) is 1.68. The van der Waals surface area contributed by atoms with E-state index in [9.17, 15) is 14.4 Å². The molecule has 0 saturated carbocycles. The summed E-state index contributed by atoms with van der Waals surface area (Å²) in [5.41, 5.74) is 1.72. The molecule has 1 N–H and O–H groups in total. The summed E-state index contributed by atoms with van der Waals surface area (Å²) >= 11 is 0. The van der Waals surface area contributed by atoms with Crippen molar-refractivity contribution in [3.63, 3.8) is 0 Å². The van der Waals surface area contributed by atoms with E-state index in [0.29, 0.717) is 19.6 Å². The molecular formula is C24H29N3O4. The van der Waals surface area contributed by atoms with E-state index < -0.39 is 0 Å². The molecule has 1 fully saturated rings. The number of urea groups is 1. The molecule has 1 aliphatic rings. The number of benzene rings is 2. The van der Waals surface area contributed by atoms with Gasteiger partial charge in [0.2, 0.25) is 5.91 Å². The highest BCUT2D eigenvalue weighted by molar-refractivity contribution is 5.90. The number of hydrogen-bond donors (Lipinski definition) is 1. The number of carbonyl (C=O) groups is 3. The Morgan fingerprint density at radius 3 is 2.42 bits per heavy atom. The van der Waals surface area contributed by atoms with Gasteiger partial charge in [0.15, 0.2) is 0 Å². The fourth-order valence-corrected chi connectivity index (χ4v) is 3.74. The Hall–Kier alpha value is -3.35. The van der Waals surface area contributed by atoms with Crippen LogP contribution >= 0.6 is 0 Å². The van der Waals surface area contributed by atoms with Crippen LogP contribution in [0.25, 0.3) is 0 Å². The van der Waals surface area contributed by atoms with Crippen molar-refractivity contribution >= 4 is 23.6 Å². The minimum Gasteiger partial charge on any atom is -0.469 e. The van der Waals surface area contributed by atoms with Gasteiger partial charge < -0.3 is 19.9 Å². The number of nitrogens with zero attached hydrogens (tertiary/aromatic N) is 2. The van der Waals surface area contributed by atoms with Gasteiger partial charge in [-0.3, -0.25) is 9.59 Å². The fraction of sp³-hybridized carbons (Fsp3) is 0.375. The third-order valence-corrected chi connectivity index (χ3v) is 5.42. The van der Waals surface area contributed by atoms with Gasteiger partial charge in [-0.2, -0.15) is 0 Å². The van der Waals surface area contributed by atoms with Gasteiger partial charge in [-0.1, -0.05) is 48.5 Å². The number of methoxy groups -OCH3 is 1. The Morgan fingerprint density at radius 2 is 1.74 bits per heavy atom. The zero-order chi connectivity index (χ0) is 22.1. The molecule has 2 aromatic carbocycles. The fourth-order valence-electron chi connectivity index (χ4n) is 3.74. The maximum atomic E-state index is 13.3. The third kappa shape index (κ3) is 6.57. The average Bonchev–Trinajstić information content (AvgIpc) is 2.82. The van der Waals surface area contributed by atoms with Gasteiger partial charge in [0.05, 0.1) is 19.4 Å². The second kappa shape index (κ2) is 11.2. The van der Waals surface area contributed by atoms with Gasteiger partial charge >= 0.3 is 12.0 Å². The van der Waals surface area contributed by atoms with Crippen LogP contribution < -0.4 is 5.32 Å². The monoisotopic (exact) mass is 423 g/mol. The lowest BCUT2D eigenvalue weighted by Crippen LogP contribution is -2.48. The van der Waals surface area contributed by atoms with Gasteiger partial charge in [-0.15, -0.1) is 0 Å². The lowest BCUT2D eigenvalue weighted by Gasteiger charge is -2.35. The number of amides is 3. The zero-order valence-electron chi connectivity index (χ0n) is 17.8. The van der Waals surface area contributed by atoms with Gasteiger partial charge in [-0.05, 0) is 30.5 Å². The van der Waals surface area contributed by atoms with E-state index in [0.717, 1.165) is 24.1 Å². The molecule has 0 spiro atoms. The van der Waals surface area contributed by atoms with Gasteiger partial charge in [0.25, 0.3) is 0 Å². The molecule has 2 aromatic rings. The zero-order valence-corrected chi connectivity index (χ0v) is 17.8. The Morgan fingerprint density at radius 1 is 1.06 bits per heavy atom. The first kappa shape index (κ1) is 22.3. The van der Waals surface area contributed by atoms with Crippen LogP contribution in [0.5, 0.6) is 0 Å². The highest BCUT2D eigenvalue weighted by Crippen LogP contribution is 2.21. The predicted molar refractivity (Wildman–Crippen MR) is 118 cm³/mol. The number of rotatable bonds is 7. The summed E-state index contributed by atoms with van der Waals surface area (Å²) in [6.07, 6.45) is 1.62. The molecular weight excluding hydrogens is 394 g/mol. The van der Waals surface area contributed by atoms with Crippen LogP contribution in [0.2, 0.25) is 0 Å². The van der Waals surface area contributed by atoms with Crippen LogP contribution in [0.4, 0.5) is 10.5 Å². The van der Waals surface area contributed by atoms with Crippen LogP contribution in [-0.2, 0) is 20.9 Å². The summed E-state index contributed by atoms with van der Waals surface area (Å²) in [5.74, 6) is -0.681. The minimum absolute atomic E-state index is 0.0371. The van der Waals surface area contributed by atoms with Crippen molar-refractivity contribution in [3.8, 4) is 0 Å². The van der Waals surface area contributed by atoms with Crippen molar-refractivity contribution in [1.29, 1.82) is 0 Å². The molecule has 1 aliphatic heterocycles. The van der Waals surface area contributed by atoms with Crippen molar-refractivity contribution in [1.82, 2.24) is 9.80 Å². The van der Waals surface area contributed by atoms with Crippen molar-refractivity contribution in [2.75, 3.05) is 32.1 Å². The van der Waals surface area contributed by atoms with Gasteiger partial charge in [0.1, 0.15) is 0 Å². The smallest absolute Gasteiger partial charge is 0.321 e. The molecule has 0 aromatic heterocycles. The van der Waals surface area contributed by atoms with E-state index >= 15 is 0 Å².